The first-order valence-corrected chi connectivity index (χ1v) is 9.78. The standard InChI is InChI=1S/C22H25N5O2/c1-4-27(5-2)17-7-8-18(15(3)12-17)25-21-10-11-23-22(26-21)24-16-6-9-19-20(13-16)29-14-28-19/h6-13H,4-5,14H2,1-3H3,(H2,23,24,25,26). The molecule has 0 aliphatic carbocycles. The minimum Gasteiger partial charge on any atom is -0.454 e. The van der Waals surface area contributed by atoms with E-state index in [2.05, 4.69) is 64.5 Å². The van der Waals surface area contributed by atoms with Gasteiger partial charge in [0, 0.05) is 42.4 Å². The van der Waals surface area contributed by atoms with Crippen LogP contribution in [-0.2, 0) is 0 Å². The second-order valence-corrected chi connectivity index (χ2v) is 6.76. The van der Waals surface area contributed by atoms with Gasteiger partial charge in [-0.2, -0.15) is 4.98 Å². The number of rotatable bonds is 7. The number of nitrogens with one attached hydrogen (secondary N) is 2. The molecular formula is C22H25N5O2. The van der Waals surface area contributed by atoms with E-state index in [1.165, 1.54) is 11.3 Å². The fraction of sp³-hybridized carbons (Fsp3) is 0.273. The van der Waals surface area contributed by atoms with Crippen molar-refractivity contribution in [1.29, 1.82) is 0 Å². The predicted molar refractivity (Wildman–Crippen MR) is 116 cm³/mol. The number of benzene rings is 2. The third-order valence-electron chi connectivity index (χ3n) is 4.89. The Labute approximate surface area is 170 Å². The molecule has 0 bridgehead atoms. The first-order chi connectivity index (χ1) is 14.2. The lowest BCUT2D eigenvalue weighted by Gasteiger charge is -2.22. The number of aromatic nitrogens is 2. The summed E-state index contributed by atoms with van der Waals surface area (Å²) in [4.78, 5) is 11.2. The predicted octanol–water partition coefficient (Wildman–Crippen LogP) is 4.85. The summed E-state index contributed by atoms with van der Waals surface area (Å²) in [6.07, 6.45) is 1.73. The summed E-state index contributed by atoms with van der Waals surface area (Å²) in [5, 5.41) is 6.60. The van der Waals surface area contributed by atoms with Gasteiger partial charge in [0.05, 0.1) is 0 Å². The Bertz CT molecular complexity index is 1000. The minimum absolute atomic E-state index is 0.251. The van der Waals surface area contributed by atoms with Gasteiger partial charge in [0.2, 0.25) is 12.7 Å². The van der Waals surface area contributed by atoms with Crippen molar-refractivity contribution in [1.82, 2.24) is 9.97 Å². The lowest BCUT2D eigenvalue weighted by molar-refractivity contribution is 0.174. The number of anilines is 5. The second-order valence-electron chi connectivity index (χ2n) is 6.76. The highest BCUT2D eigenvalue weighted by Crippen LogP contribution is 2.35. The van der Waals surface area contributed by atoms with E-state index in [1.807, 2.05) is 24.3 Å². The normalized spacial score (nSPS) is 12.0. The van der Waals surface area contributed by atoms with E-state index in [0.717, 1.165) is 36.0 Å². The third-order valence-corrected chi connectivity index (χ3v) is 4.89. The van der Waals surface area contributed by atoms with Crippen molar-refractivity contribution in [2.75, 3.05) is 35.4 Å². The van der Waals surface area contributed by atoms with Gasteiger partial charge in [-0.3, -0.25) is 0 Å². The minimum atomic E-state index is 0.251. The number of nitrogens with zero attached hydrogens (tertiary/aromatic N) is 3. The van der Waals surface area contributed by atoms with Crippen molar-refractivity contribution >= 4 is 28.8 Å². The number of hydrogen-bond acceptors (Lipinski definition) is 7. The van der Waals surface area contributed by atoms with Crippen LogP contribution in [0.25, 0.3) is 0 Å². The summed E-state index contributed by atoms with van der Waals surface area (Å²) >= 11 is 0. The topological polar surface area (TPSA) is 71.5 Å². The summed E-state index contributed by atoms with van der Waals surface area (Å²) < 4.78 is 10.8. The van der Waals surface area contributed by atoms with Crippen LogP contribution in [0.1, 0.15) is 19.4 Å². The molecule has 3 aromatic rings. The molecule has 1 aliphatic rings. The van der Waals surface area contributed by atoms with Crippen LogP contribution in [0.3, 0.4) is 0 Å². The van der Waals surface area contributed by atoms with Crippen molar-refractivity contribution in [3.8, 4) is 11.5 Å². The molecule has 0 amide bonds. The average Bonchev–Trinajstić information content (AvgIpc) is 3.19. The molecule has 0 saturated carbocycles. The molecule has 7 heteroatoms. The van der Waals surface area contributed by atoms with Crippen molar-refractivity contribution in [3.63, 3.8) is 0 Å². The van der Waals surface area contributed by atoms with E-state index >= 15 is 0 Å². The van der Waals surface area contributed by atoms with Crippen molar-refractivity contribution < 1.29 is 9.47 Å². The molecule has 7 nitrogen and oxygen atoms in total. The maximum Gasteiger partial charge on any atom is 0.231 e. The van der Waals surface area contributed by atoms with Crippen LogP contribution in [0.2, 0.25) is 0 Å². The number of hydrogen-bond donors (Lipinski definition) is 2. The van der Waals surface area contributed by atoms with Gasteiger partial charge in [0.25, 0.3) is 0 Å². The summed E-state index contributed by atoms with van der Waals surface area (Å²) in [5.74, 6) is 2.69. The van der Waals surface area contributed by atoms with E-state index in [-0.39, 0.29) is 6.79 Å². The maximum atomic E-state index is 5.42. The Morgan fingerprint density at radius 3 is 2.59 bits per heavy atom. The molecule has 0 saturated heterocycles. The summed E-state index contributed by atoms with van der Waals surface area (Å²) in [6.45, 7) is 8.66. The molecule has 1 aliphatic heterocycles. The molecule has 2 N–H and O–H groups in total. The smallest absolute Gasteiger partial charge is 0.231 e. The number of aryl methyl sites for hydroxylation is 1. The molecule has 0 fully saturated rings. The lowest BCUT2D eigenvalue weighted by Crippen LogP contribution is -2.21. The lowest BCUT2D eigenvalue weighted by atomic mass is 10.1. The van der Waals surface area contributed by atoms with Crippen molar-refractivity contribution in [3.05, 3.63) is 54.2 Å². The van der Waals surface area contributed by atoms with Gasteiger partial charge in [-0.1, -0.05) is 0 Å². The van der Waals surface area contributed by atoms with Gasteiger partial charge in [0.1, 0.15) is 5.82 Å². The maximum absolute atomic E-state index is 5.42. The zero-order valence-electron chi connectivity index (χ0n) is 16.9. The molecule has 2 heterocycles. The zero-order valence-corrected chi connectivity index (χ0v) is 16.9. The number of fused-ring (bicyclic) bond motifs is 1. The monoisotopic (exact) mass is 391 g/mol. The summed E-state index contributed by atoms with van der Waals surface area (Å²) in [5.41, 5.74) is 4.25. The highest BCUT2D eigenvalue weighted by Gasteiger charge is 2.13. The SMILES string of the molecule is CCN(CC)c1ccc(Nc2ccnc(Nc3ccc4c(c3)OCO4)n2)c(C)c1. The third kappa shape index (κ3) is 4.18. The molecule has 4 rings (SSSR count). The molecule has 150 valence electrons. The Morgan fingerprint density at radius 1 is 0.966 bits per heavy atom. The van der Waals surface area contributed by atoms with Gasteiger partial charge >= 0.3 is 0 Å². The fourth-order valence-corrected chi connectivity index (χ4v) is 3.30. The van der Waals surface area contributed by atoms with E-state index in [1.54, 1.807) is 6.20 Å². The van der Waals surface area contributed by atoms with Gasteiger partial charge in [-0.25, -0.2) is 4.98 Å². The fourth-order valence-electron chi connectivity index (χ4n) is 3.30. The molecule has 0 spiro atoms. The van der Waals surface area contributed by atoms with E-state index in [4.69, 9.17) is 9.47 Å². The van der Waals surface area contributed by atoms with Gasteiger partial charge in [-0.15, -0.1) is 0 Å². The van der Waals surface area contributed by atoms with E-state index in [9.17, 15) is 0 Å². The molecular weight excluding hydrogens is 366 g/mol. The molecule has 0 atom stereocenters. The first kappa shape index (κ1) is 18.9. The van der Waals surface area contributed by atoms with Crippen LogP contribution in [0.15, 0.2) is 48.7 Å². The Balaban J connectivity index is 1.49. The van der Waals surface area contributed by atoms with E-state index < -0.39 is 0 Å². The van der Waals surface area contributed by atoms with Crippen LogP contribution >= 0.6 is 0 Å². The molecule has 1 aromatic heterocycles. The molecule has 2 aromatic carbocycles. The largest absolute Gasteiger partial charge is 0.454 e. The Hall–Kier alpha value is -3.48. The summed E-state index contributed by atoms with van der Waals surface area (Å²) in [6, 6.07) is 13.9. The van der Waals surface area contributed by atoms with Crippen LogP contribution in [0, 0.1) is 6.92 Å². The Kier molecular flexibility index (Phi) is 5.37. The van der Waals surface area contributed by atoms with Gasteiger partial charge in [0.15, 0.2) is 11.5 Å². The highest BCUT2D eigenvalue weighted by molar-refractivity contribution is 5.66. The highest BCUT2D eigenvalue weighted by atomic mass is 16.7. The van der Waals surface area contributed by atoms with E-state index in [0.29, 0.717) is 11.7 Å². The number of ether oxygens (including phenoxy) is 2. The molecule has 0 radical (unpaired) electrons. The zero-order chi connectivity index (χ0) is 20.2. The van der Waals surface area contributed by atoms with Gasteiger partial charge < -0.3 is 25.0 Å². The van der Waals surface area contributed by atoms with Crippen molar-refractivity contribution in [2.24, 2.45) is 0 Å². The van der Waals surface area contributed by atoms with Crippen LogP contribution in [0.4, 0.5) is 28.8 Å². The summed E-state index contributed by atoms with van der Waals surface area (Å²) in [7, 11) is 0. The van der Waals surface area contributed by atoms with Crippen molar-refractivity contribution in [2.45, 2.75) is 20.8 Å². The first-order valence-electron chi connectivity index (χ1n) is 9.78. The van der Waals surface area contributed by atoms with Crippen LogP contribution in [-0.4, -0.2) is 29.9 Å². The second kappa shape index (κ2) is 8.26. The van der Waals surface area contributed by atoms with Crippen LogP contribution < -0.4 is 25.0 Å². The molecule has 29 heavy (non-hydrogen) atoms. The van der Waals surface area contributed by atoms with Crippen LogP contribution in [0.5, 0.6) is 11.5 Å². The van der Waals surface area contributed by atoms with Gasteiger partial charge in [-0.05, 0) is 62.7 Å². The quantitative estimate of drug-likeness (QED) is 0.597. The Morgan fingerprint density at radius 2 is 1.79 bits per heavy atom. The molecule has 0 unspecified atom stereocenters. The average molecular weight is 391 g/mol.